The van der Waals surface area contributed by atoms with Crippen LogP contribution in [0.4, 0.5) is 0 Å². The minimum Gasteiger partial charge on any atom is -0.481 e. The molecule has 0 fully saturated rings. The van der Waals surface area contributed by atoms with E-state index < -0.39 is 12.1 Å². The molecule has 0 saturated carbocycles. The number of rotatable bonds is 10. The number of aromatic nitrogens is 4. The van der Waals surface area contributed by atoms with E-state index in [1.54, 1.807) is 4.68 Å². The number of tetrazole rings is 1. The van der Waals surface area contributed by atoms with Crippen LogP contribution in [0.2, 0.25) is 0 Å². The largest absolute Gasteiger partial charge is 0.481 e. The van der Waals surface area contributed by atoms with Gasteiger partial charge in [-0.2, -0.15) is 0 Å². The topological polar surface area (TPSA) is 99.4 Å². The van der Waals surface area contributed by atoms with Crippen molar-refractivity contribution in [3.8, 4) is 0 Å². The minimum absolute atomic E-state index is 0.0812. The number of hydrogen-bond acceptors (Lipinski definition) is 6. The summed E-state index contributed by atoms with van der Waals surface area (Å²) in [5.74, 6) is -0.240. The Labute approximate surface area is 111 Å². The van der Waals surface area contributed by atoms with Crippen molar-refractivity contribution in [2.75, 3.05) is 20.3 Å². The summed E-state index contributed by atoms with van der Waals surface area (Å²) in [6.07, 6.45) is 1.03. The Morgan fingerprint density at radius 1 is 1.47 bits per heavy atom. The van der Waals surface area contributed by atoms with E-state index in [1.165, 1.54) is 7.11 Å². The van der Waals surface area contributed by atoms with E-state index in [9.17, 15) is 4.79 Å². The van der Waals surface area contributed by atoms with Gasteiger partial charge in [-0.1, -0.05) is 6.92 Å². The summed E-state index contributed by atoms with van der Waals surface area (Å²) < 4.78 is 12.0. The fraction of sp³-hybridized carbons (Fsp3) is 0.818. The maximum atomic E-state index is 10.7. The molecule has 1 rings (SSSR count). The molecule has 0 amide bonds. The van der Waals surface area contributed by atoms with Crippen LogP contribution in [0.1, 0.15) is 25.6 Å². The number of carbonyl (C=O) groups is 1. The highest BCUT2D eigenvalue weighted by molar-refractivity contribution is 5.67. The lowest BCUT2D eigenvalue weighted by atomic mass is 10.2. The van der Waals surface area contributed by atoms with Crippen molar-refractivity contribution >= 4 is 5.97 Å². The van der Waals surface area contributed by atoms with E-state index in [2.05, 4.69) is 15.5 Å². The second-order valence-corrected chi connectivity index (χ2v) is 4.10. The van der Waals surface area contributed by atoms with Crippen LogP contribution in [0, 0.1) is 0 Å². The van der Waals surface area contributed by atoms with Gasteiger partial charge in [-0.05, 0) is 16.8 Å². The van der Waals surface area contributed by atoms with Gasteiger partial charge in [0.2, 0.25) is 0 Å². The van der Waals surface area contributed by atoms with Crippen molar-refractivity contribution in [3.05, 3.63) is 5.82 Å². The Bertz CT molecular complexity index is 383. The SMILES string of the molecule is CCCOCCc1nnnn1CC(CC(=O)O)OC. The molecule has 0 spiro atoms. The lowest BCUT2D eigenvalue weighted by molar-refractivity contribution is -0.140. The van der Waals surface area contributed by atoms with Gasteiger partial charge in [0.15, 0.2) is 5.82 Å². The van der Waals surface area contributed by atoms with Gasteiger partial charge < -0.3 is 14.6 Å². The molecule has 1 aromatic rings. The number of methoxy groups -OCH3 is 1. The zero-order chi connectivity index (χ0) is 14.1. The molecule has 0 bridgehead atoms. The Hall–Kier alpha value is -1.54. The van der Waals surface area contributed by atoms with Gasteiger partial charge in [0.25, 0.3) is 0 Å². The Kier molecular flexibility index (Phi) is 6.98. The molecule has 0 radical (unpaired) electrons. The molecule has 0 saturated heterocycles. The first kappa shape index (κ1) is 15.5. The van der Waals surface area contributed by atoms with Crippen LogP contribution >= 0.6 is 0 Å². The fourth-order valence-corrected chi connectivity index (χ4v) is 1.56. The van der Waals surface area contributed by atoms with E-state index in [1.807, 2.05) is 6.92 Å². The van der Waals surface area contributed by atoms with E-state index in [4.69, 9.17) is 14.6 Å². The van der Waals surface area contributed by atoms with Gasteiger partial charge in [-0.15, -0.1) is 5.10 Å². The molecular formula is C11H20N4O4. The molecule has 1 heterocycles. The standard InChI is InChI=1S/C11H20N4O4/c1-3-5-19-6-4-10-12-13-14-15(10)8-9(18-2)7-11(16)17/h9H,3-8H2,1-2H3,(H,16,17). The number of nitrogens with zero attached hydrogens (tertiary/aromatic N) is 4. The van der Waals surface area contributed by atoms with Gasteiger partial charge >= 0.3 is 5.97 Å². The first-order valence-electron chi connectivity index (χ1n) is 6.24. The van der Waals surface area contributed by atoms with E-state index >= 15 is 0 Å². The van der Waals surface area contributed by atoms with Crippen LogP contribution in [0.3, 0.4) is 0 Å². The van der Waals surface area contributed by atoms with Gasteiger partial charge in [-0.25, -0.2) is 4.68 Å². The van der Waals surface area contributed by atoms with Crippen LogP contribution in [0.25, 0.3) is 0 Å². The molecular weight excluding hydrogens is 252 g/mol. The van der Waals surface area contributed by atoms with Crippen molar-refractivity contribution in [3.63, 3.8) is 0 Å². The molecule has 19 heavy (non-hydrogen) atoms. The summed E-state index contributed by atoms with van der Waals surface area (Å²) >= 11 is 0. The minimum atomic E-state index is -0.909. The van der Waals surface area contributed by atoms with E-state index in [0.717, 1.165) is 6.42 Å². The molecule has 0 aliphatic carbocycles. The van der Waals surface area contributed by atoms with E-state index in [0.29, 0.717) is 32.0 Å². The van der Waals surface area contributed by atoms with Crippen molar-refractivity contribution in [2.45, 2.75) is 38.8 Å². The molecule has 1 aromatic heterocycles. The number of carboxylic acid groups (broad SMARTS) is 1. The first-order valence-corrected chi connectivity index (χ1v) is 6.24. The van der Waals surface area contributed by atoms with Gasteiger partial charge in [0, 0.05) is 20.1 Å². The summed E-state index contributed by atoms with van der Waals surface area (Å²) in [7, 11) is 1.47. The molecule has 0 aromatic carbocycles. The molecule has 1 unspecified atom stereocenters. The number of carboxylic acids is 1. The first-order chi connectivity index (χ1) is 9.17. The molecule has 1 N–H and O–H groups in total. The number of ether oxygens (including phenoxy) is 2. The monoisotopic (exact) mass is 272 g/mol. The summed E-state index contributed by atoms with van der Waals surface area (Å²) in [5.41, 5.74) is 0. The average Bonchev–Trinajstić information content (AvgIpc) is 2.80. The number of hydrogen-bond donors (Lipinski definition) is 1. The Balaban J connectivity index is 2.48. The number of aliphatic carboxylic acids is 1. The van der Waals surface area contributed by atoms with Crippen molar-refractivity contribution in [2.24, 2.45) is 0 Å². The quantitative estimate of drug-likeness (QED) is 0.604. The zero-order valence-electron chi connectivity index (χ0n) is 11.3. The fourth-order valence-electron chi connectivity index (χ4n) is 1.56. The van der Waals surface area contributed by atoms with Crippen molar-refractivity contribution in [1.82, 2.24) is 20.2 Å². The van der Waals surface area contributed by atoms with Crippen LogP contribution in [-0.2, 0) is 27.2 Å². The zero-order valence-corrected chi connectivity index (χ0v) is 11.3. The van der Waals surface area contributed by atoms with Gasteiger partial charge in [-0.3, -0.25) is 4.79 Å². The summed E-state index contributed by atoms with van der Waals surface area (Å²) in [6.45, 7) is 3.62. The summed E-state index contributed by atoms with van der Waals surface area (Å²) in [6, 6.07) is 0. The molecule has 1 atom stereocenters. The third kappa shape index (κ3) is 5.75. The summed E-state index contributed by atoms with van der Waals surface area (Å²) in [4.78, 5) is 10.7. The summed E-state index contributed by atoms with van der Waals surface area (Å²) in [5, 5.41) is 20.1. The highest BCUT2D eigenvalue weighted by Crippen LogP contribution is 2.03. The smallest absolute Gasteiger partial charge is 0.306 e. The third-order valence-electron chi connectivity index (χ3n) is 2.54. The maximum absolute atomic E-state index is 10.7. The average molecular weight is 272 g/mol. The predicted octanol–water partition coefficient (Wildman–Crippen LogP) is 0.132. The third-order valence-corrected chi connectivity index (χ3v) is 2.54. The Morgan fingerprint density at radius 2 is 2.26 bits per heavy atom. The normalized spacial score (nSPS) is 12.5. The Morgan fingerprint density at radius 3 is 2.89 bits per heavy atom. The maximum Gasteiger partial charge on any atom is 0.306 e. The molecule has 8 nitrogen and oxygen atoms in total. The second kappa shape index (κ2) is 8.54. The molecule has 0 aliphatic heterocycles. The van der Waals surface area contributed by atoms with Crippen LogP contribution < -0.4 is 0 Å². The van der Waals surface area contributed by atoms with E-state index in [-0.39, 0.29) is 6.42 Å². The molecule has 8 heteroatoms. The van der Waals surface area contributed by atoms with Crippen LogP contribution in [0.15, 0.2) is 0 Å². The molecule has 0 aliphatic rings. The second-order valence-electron chi connectivity index (χ2n) is 4.10. The highest BCUT2D eigenvalue weighted by Gasteiger charge is 2.16. The van der Waals surface area contributed by atoms with Gasteiger partial charge in [0.1, 0.15) is 0 Å². The lowest BCUT2D eigenvalue weighted by Gasteiger charge is -2.13. The van der Waals surface area contributed by atoms with Gasteiger partial charge in [0.05, 0.1) is 25.7 Å². The predicted molar refractivity (Wildman–Crippen MR) is 65.7 cm³/mol. The van der Waals surface area contributed by atoms with Crippen LogP contribution in [0.5, 0.6) is 0 Å². The highest BCUT2D eigenvalue weighted by atomic mass is 16.5. The van der Waals surface area contributed by atoms with Crippen molar-refractivity contribution in [1.29, 1.82) is 0 Å². The van der Waals surface area contributed by atoms with Crippen LogP contribution in [-0.4, -0.2) is 57.7 Å². The molecule has 108 valence electrons. The lowest BCUT2D eigenvalue weighted by Crippen LogP contribution is -2.24. The van der Waals surface area contributed by atoms with Crippen molar-refractivity contribution < 1.29 is 19.4 Å².